The summed E-state index contributed by atoms with van der Waals surface area (Å²) >= 11 is 1.76. The Morgan fingerprint density at radius 2 is 2.24 bits per heavy atom. The van der Waals surface area contributed by atoms with Crippen molar-refractivity contribution in [2.24, 2.45) is 5.92 Å². The summed E-state index contributed by atoms with van der Waals surface area (Å²) in [6.45, 7) is 4.39. The molecule has 0 fully saturated rings. The third-order valence-electron chi connectivity index (χ3n) is 2.48. The van der Waals surface area contributed by atoms with Crippen molar-refractivity contribution in [3.8, 4) is 0 Å². The van der Waals surface area contributed by atoms with Crippen molar-refractivity contribution in [3.05, 3.63) is 35.1 Å². The van der Waals surface area contributed by atoms with Crippen LogP contribution >= 0.6 is 11.8 Å². The van der Waals surface area contributed by atoms with Crippen LogP contribution in [-0.2, 0) is 0 Å². The topological polar surface area (TPSA) is 29.1 Å². The molecule has 0 aromatic heterocycles. The normalized spacial score (nSPS) is 12.2. The predicted molar refractivity (Wildman–Crippen MR) is 71.0 cm³/mol. The summed E-state index contributed by atoms with van der Waals surface area (Å²) in [7, 11) is 0. The Bertz CT molecular complexity index is 395. The molecule has 17 heavy (non-hydrogen) atoms. The lowest BCUT2D eigenvalue weighted by Gasteiger charge is -2.11. The molecule has 1 amide bonds. The minimum Gasteiger partial charge on any atom is -0.352 e. The Morgan fingerprint density at radius 1 is 1.53 bits per heavy atom. The molecule has 1 rings (SSSR count). The van der Waals surface area contributed by atoms with Gasteiger partial charge in [-0.3, -0.25) is 4.79 Å². The number of amides is 1. The molecule has 0 heterocycles. The maximum atomic E-state index is 13.0. The minimum absolute atomic E-state index is 0.138. The van der Waals surface area contributed by atoms with Gasteiger partial charge < -0.3 is 5.32 Å². The van der Waals surface area contributed by atoms with Gasteiger partial charge in [-0.25, -0.2) is 4.39 Å². The Balaban J connectivity index is 2.55. The number of carbonyl (C=O) groups excluding carboxylic acids is 1. The van der Waals surface area contributed by atoms with Crippen LogP contribution in [0.15, 0.2) is 18.2 Å². The molecule has 0 saturated carbocycles. The summed E-state index contributed by atoms with van der Waals surface area (Å²) in [6.07, 6.45) is 2.04. The third kappa shape index (κ3) is 4.38. The molecule has 1 atom stereocenters. The average Bonchev–Trinajstić information content (AvgIpc) is 2.30. The number of aryl methyl sites for hydroxylation is 1. The van der Waals surface area contributed by atoms with Gasteiger partial charge in [0.1, 0.15) is 5.82 Å². The number of rotatable bonds is 5. The predicted octanol–water partition coefficient (Wildman–Crippen LogP) is 2.86. The first-order valence-corrected chi connectivity index (χ1v) is 6.97. The summed E-state index contributed by atoms with van der Waals surface area (Å²) in [5, 5.41) is 2.86. The van der Waals surface area contributed by atoms with Gasteiger partial charge in [0.15, 0.2) is 0 Å². The molecule has 0 radical (unpaired) electrons. The lowest BCUT2D eigenvalue weighted by Crippen LogP contribution is -2.29. The summed E-state index contributed by atoms with van der Waals surface area (Å²) < 4.78 is 13.0. The van der Waals surface area contributed by atoms with Crippen molar-refractivity contribution in [2.45, 2.75) is 13.8 Å². The molecule has 2 nitrogen and oxygen atoms in total. The van der Waals surface area contributed by atoms with Gasteiger partial charge in [-0.05, 0) is 48.6 Å². The molecule has 0 aliphatic heterocycles. The molecular weight excluding hydrogens is 237 g/mol. The number of benzene rings is 1. The van der Waals surface area contributed by atoms with Gasteiger partial charge in [0.05, 0.1) is 0 Å². The number of thioether (sulfide) groups is 1. The molecule has 4 heteroatoms. The van der Waals surface area contributed by atoms with E-state index in [0.29, 0.717) is 23.6 Å². The number of hydrogen-bond acceptors (Lipinski definition) is 2. The quantitative estimate of drug-likeness (QED) is 0.876. The smallest absolute Gasteiger partial charge is 0.251 e. The van der Waals surface area contributed by atoms with E-state index in [0.717, 1.165) is 5.75 Å². The number of halogens is 1. The maximum Gasteiger partial charge on any atom is 0.251 e. The zero-order valence-corrected chi connectivity index (χ0v) is 11.2. The fraction of sp³-hybridized carbons (Fsp3) is 0.462. The summed E-state index contributed by atoms with van der Waals surface area (Å²) in [6, 6.07) is 4.41. The van der Waals surface area contributed by atoms with Crippen LogP contribution < -0.4 is 5.32 Å². The lowest BCUT2D eigenvalue weighted by molar-refractivity contribution is 0.0949. The summed E-state index contributed by atoms with van der Waals surface area (Å²) in [5.74, 6) is 1.04. The second-order valence-corrected chi connectivity index (χ2v) is 5.15. The molecule has 1 unspecified atom stereocenters. The third-order valence-corrected chi connectivity index (χ3v) is 3.38. The molecule has 1 aromatic rings. The van der Waals surface area contributed by atoms with Gasteiger partial charge in [-0.15, -0.1) is 0 Å². The van der Waals surface area contributed by atoms with Crippen molar-refractivity contribution in [1.29, 1.82) is 0 Å². The Labute approximate surface area is 106 Å². The first kappa shape index (κ1) is 14.0. The van der Waals surface area contributed by atoms with Crippen molar-refractivity contribution in [1.82, 2.24) is 5.32 Å². The van der Waals surface area contributed by atoms with E-state index < -0.39 is 0 Å². The first-order valence-electron chi connectivity index (χ1n) is 5.58. The van der Waals surface area contributed by atoms with Gasteiger partial charge in [0.2, 0.25) is 0 Å². The molecular formula is C13H18FNOS. The van der Waals surface area contributed by atoms with Gasteiger partial charge in [0.25, 0.3) is 5.91 Å². The first-order chi connectivity index (χ1) is 8.04. The monoisotopic (exact) mass is 255 g/mol. The molecule has 0 spiro atoms. The van der Waals surface area contributed by atoms with Crippen molar-refractivity contribution >= 4 is 17.7 Å². The molecule has 0 saturated heterocycles. The van der Waals surface area contributed by atoms with Crippen LogP contribution in [-0.4, -0.2) is 24.5 Å². The van der Waals surface area contributed by atoms with Crippen molar-refractivity contribution in [2.75, 3.05) is 18.6 Å². The highest BCUT2D eigenvalue weighted by Gasteiger charge is 2.09. The van der Waals surface area contributed by atoms with Crippen LogP contribution in [0, 0.1) is 18.7 Å². The van der Waals surface area contributed by atoms with E-state index in [-0.39, 0.29) is 11.7 Å². The largest absolute Gasteiger partial charge is 0.352 e. The van der Waals surface area contributed by atoms with E-state index >= 15 is 0 Å². The van der Waals surface area contributed by atoms with E-state index in [1.54, 1.807) is 24.8 Å². The maximum absolute atomic E-state index is 13.0. The summed E-state index contributed by atoms with van der Waals surface area (Å²) in [5.41, 5.74) is 1.01. The van der Waals surface area contributed by atoms with Crippen molar-refractivity contribution in [3.63, 3.8) is 0 Å². The molecule has 0 aliphatic rings. The van der Waals surface area contributed by atoms with E-state index in [4.69, 9.17) is 0 Å². The highest BCUT2D eigenvalue weighted by molar-refractivity contribution is 7.98. The Kier molecular flexibility index (Phi) is 5.48. The number of hydrogen-bond donors (Lipinski definition) is 1. The average molecular weight is 255 g/mol. The van der Waals surface area contributed by atoms with Crippen LogP contribution in [0.2, 0.25) is 0 Å². The second kappa shape index (κ2) is 6.64. The summed E-state index contributed by atoms with van der Waals surface area (Å²) in [4.78, 5) is 11.8. The van der Waals surface area contributed by atoms with Crippen molar-refractivity contribution < 1.29 is 9.18 Å². The second-order valence-electron chi connectivity index (χ2n) is 4.23. The molecule has 0 bridgehead atoms. The van der Waals surface area contributed by atoms with Crippen LogP contribution in [0.5, 0.6) is 0 Å². The fourth-order valence-electron chi connectivity index (χ4n) is 1.50. The van der Waals surface area contributed by atoms with Gasteiger partial charge >= 0.3 is 0 Å². The van der Waals surface area contributed by atoms with Gasteiger partial charge in [-0.2, -0.15) is 11.8 Å². The number of nitrogens with one attached hydrogen (secondary N) is 1. The van der Waals surface area contributed by atoms with E-state index in [1.165, 1.54) is 12.1 Å². The highest BCUT2D eigenvalue weighted by Crippen LogP contribution is 2.09. The molecule has 1 aromatic carbocycles. The SMILES string of the molecule is CSCC(C)CNC(=O)c1ccc(F)c(C)c1. The highest BCUT2D eigenvalue weighted by atomic mass is 32.2. The lowest BCUT2D eigenvalue weighted by atomic mass is 10.1. The number of carbonyl (C=O) groups is 1. The van der Waals surface area contributed by atoms with Crippen LogP contribution in [0.3, 0.4) is 0 Å². The van der Waals surface area contributed by atoms with E-state index in [9.17, 15) is 9.18 Å². The van der Waals surface area contributed by atoms with Crippen LogP contribution in [0.4, 0.5) is 4.39 Å². The molecule has 1 N–H and O–H groups in total. The Morgan fingerprint density at radius 3 is 2.82 bits per heavy atom. The van der Waals surface area contributed by atoms with Crippen LogP contribution in [0.1, 0.15) is 22.8 Å². The molecule has 0 aliphatic carbocycles. The standard InChI is InChI=1S/C13H18FNOS/c1-9(8-17-3)7-15-13(16)11-4-5-12(14)10(2)6-11/h4-6,9H,7-8H2,1-3H3,(H,15,16). The Hall–Kier alpha value is -1.03. The van der Waals surface area contributed by atoms with E-state index in [2.05, 4.69) is 12.2 Å². The molecule has 94 valence electrons. The zero-order valence-electron chi connectivity index (χ0n) is 10.4. The van der Waals surface area contributed by atoms with Gasteiger partial charge in [0, 0.05) is 12.1 Å². The zero-order chi connectivity index (χ0) is 12.8. The van der Waals surface area contributed by atoms with Crippen LogP contribution in [0.25, 0.3) is 0 Å². The van der Waals surface area contributed by atoms with Gasteiger partial charge in [-0.1, -0.05) is 6.92 Å². The fourth-order valence-corrected chi connectivity index (χ4v) is 2.19. The minimum atomic E-state index is -0.280. The van der Waals surface area contributed by atoms with E-state index in [1.807, 2.05) is 6.26 Å².